The van der Waals surface area contributed by atoms with Crippen LogP contribution in [-0.2, 0) is 6.04 Å². The van der Waals surface area contributed by atoms with Gasteiger partial charge in [-0.3, -0.25) is 4.98 Å². The summed E-state index contributed by atoms with van der Waals surface area (Å²) in [4.78, 5) is 5.47. The molecule has 0 saturated carbocycles. The molecule has 5 aromatic carbocycles. The fourth-order valence-electron chi connectivity index (χ4n) is 9.85. The van der Waals surface area contributed by atoms with Gasteiger partial charge in [0.1, 0.15) is 7.59 Å². The minimum atomic E-state index is -2.09. The van der Waals surface area contributed by atoms with Crippen LogP contribution in [0.2, 0.25) is 65.5 Å². The molecular formula is C46H51N3Si5. The highest BCUT2D eigenvalue weighted by Crippen LogP contribution is 2.36. The lowest BCUT2D eigenvalue weighted by Gasteiger charge is -2.39. The molecule has 19 heterocycles. The maximum atomic E-state index is 5.47. The molecule has 24 rings (SSSR count). The molecule has 0 fully saturated rings. The Kier molecular flexibility index (Phi) is 7.04. The topological polar surface area (TPSA) is 22.8 Å². The van der Waals surface area contributed by atoms with E-state index < -0.39 is 38.4 Å². The van der Waals surface area contributed by atoms with Crippen LogP contribution in [0.4, 0.5) is 0 Å². The maximum Gasteiger partial charge on any atom is 0.102 e. The normalized spacial score (nSPS) is 18.9. The number of benzene rings is 5. The van der Waals surface area contributed by atoms with Crippen molar-refractivity contribution in [1.29, 1.82) is 0 Å². The van der Waals surface area contributed by atoms with Crippen LogP contribution in [-0.4, -0.2) is 52.6 Å². The molecule has 0 atom stereocenters. The third-order valence-electron chi connectivity index (χ3n) is 15.1. The first-order valence-electron chi connectivity index (χ1n) is 19.8. The van der Waals surface area contributed by atoms with Crippen LogP contribution in [0.1, 0.15) is 5.56 Å². The molecule has 3 nitrogen and oxygen atoms in total. The first kappa shape index (κ1) is 34.4. The zero-order valence-electron chi connectivity index (χ0n) is 33.5. The summed E-state index contributed by atoms with van der Waals surface area (Å²) < 4.78 is 5.05. The van der Waals surface area contributed by atoms with Gasteiger partial charge in [-0.05, 0) is 54.6 Å². The smallest absolute Gasteiger partial charge is 0.102 e. The van der Waals surface area contributed by atoms with Crippen molar-refractivity contribution in [2.24, 2.45) is 0 Å². The molecule has 0 spiro atoms. The minimum Gasteiger partial charge on any atom is -0.309 e. The highest BCUT2D eigenvalue weighted by atomic mass is 29.3. The molecule has 0 unspecified atom stereocenters. The van der Waals surface area contributed by atoms with Crippen LogP contribution in [0.25, 0.3) is 55.0 Å². The van der Waals surface area contributed by atoms with Gasteiger partial charge in [-0.2, -0.15) is 0 Å². The molecule has 16 aliphatic rings. The number of rotatable bonds is 0. The van der Waals surface area contributed by atoms with E-state index in [9.17, 15) is 0 Å². The minimum absolute atomic E-state index is 1.11. The van der Waals surface area contributed by atoms with E-state index in [1.54, 1.807) is 15.6 Å². The van der Waals surface area contributed by atoms with Crippen molar-refractivity contribution in [2.45, 2.75) is 71.5 Å². The van der Waals surface area contributed by atoms with E-state index in [-0.39, 0.29) is 0 Å². The Labute approximate surface area is 324 Å². The average molecular weight is 786 g/mol. The van der Waals surface area contributed by atoms with Crippen molar-refractivity contribution in [3.8, 4) is 11.4 Å². The van der Waals surface area contributed by atoms with Crippen LogP contribution < -0.4 is 26.1 Å². The Hall–Kier alpha value is -4.07. The van der Waals surface area contributed by atoms with Crippen LogP contribution in [0.15, 0.2) is 115 Å². The van der Waals surface area contributed by atoms with Gasteiger partial charge in [-0.25, -0.2) is 0 Å². The summed E-state index contributed by atoms with van der Waals surface area (Å²) in [5, 5.41) is 13.1. The van der Waals surface area contributed by atoms with Crippen molar-refractivity contribution >= 4 is 108 Å². The van der Waals surface area contributed by atoms with Gasteiger partial charge >= 0.3 is 0 Å². The first-order valence-corrected chi connectivity index (χ1v) is 37.0. The van der Waals surface area contributed by atoms with Gasteiger partial charge in [-0.1, -0.05) is 152 Å². The summed E-state index contributed by atoms with van der Waals surface area (Å²) in [7, 11) is -9.89. The van der Waals surface area contributed by atoms with E-state index in [1.165, 1.54) is 71.1 Å². The van der Waals surface area contributed by atoms with Gasteiger partial charge in [-0.15, -0.1) is 0 Å². The highest BCUT2D eigenvalue weighted by molar-refractivity contribution is 7.50. The van der Waals surface area contributed by atoms with Gasteiger partial charge in [0.25, 0.3) is 0 Å². The zero-order chi connectivity index (χ0) is 37.7. The number of pyridine rings is 1. The number of hydrogen-bond donors (Lipinski definition) is 0. The molecule has 270 valence electrons. The molecule has 0 N–H and O–H groups in total. The predicted octanol–water partition coefficient (Wildman–Crippen LogP) is 8.82. The van der Waals surface area contributed by atoms with Crippen molar-refractivity contribution in [2.75, 3.05) is 0 Å². The number of hydrogen-bond acceptors (Lipinski definition) is 1. The molecule has 0 radical (unpaired) electrons. The highest BCUT2D eigenvalue weighted by Gasteiger charge is 2.47. The lowest BCUT2D eigenvalue weighted by molar-refractivity contribution is 1.17. The summed E-state index contributed by atoms with van der Waals surface area (Å²) >= 11 is 0. The summed E-state index contributed by atoms with van der Waals surface area (Å²) in [5.74, 6) is 0. The standard InChI is InChI=1S/C46H51N3Si5/c1-50(2)30-31-11-13-32(14-12-31)48-42-22-19-35-25-38(42)39-27-37(21-23-43(39)48)53(7,8)54(9,10)46-28-41-40-26-36(52(5,6)51(35,3)4)20-24-44(40)49(45(41)29-47-46)33-15-17-34(50)18-16-33/h11-29H,30H2,1-10H3. The molecule has 0 amide bonds. The largest absolute Gasteiger partial charge is 0.309 e. The summed E-state index contributed by atoms with van der Waals surface area (Å²) in [5.41, 5.74) is 9.04. The van der Waals surface area contributed by atoms with Gasteiger partial charge in [0, 0.05) is 38.2 Å². The third kappa shape index (κ3) is 4.51. The number of nitrogens with zero attached hydrogens (tertiary/aromatic N) is 3. The molecule has 3 aromatic heterocycles. The van der Waals surface area contributed by atoms with Gasteiger partial charge < -0.3 is 9.13 Å². The monoisotopic (exact) mass is 785 g/mol. The Morgan fingerprint density at radius 1 is 0.407 bits per heavy atom. The molecular weight excluding hydrogens is 735 g/mol. The van der Waals surface area contributed by atoms with E-state index in [4.69, 9.17) is 4.98 Å². The quantitative estimate of drug-likeness (QED) is 0.141. The predicted molar refractivity (Wildman–Crippen MR) is 249 cm³/mol. The van der Waals surface area contributed by atoms with Gasteiger partial charge in [0.05, 0.1) is 59.1 Å². The molecule has 8 heteroatoms. The summed E-state index contributed by atoms with van der Waals surface area (Å²) in [6, 6.07) is 45.6. The lowest BCUT2D eigenvalue weighted by Crippen LogP contribution is -2.69. The van der Waals surface area contributed by atoms with E-state index in [2.05, 4.69) is 190 Å². The van der Waals surface area contributed by atoms with Gasteiger partial charge in [0.2, 0.25) is 0 Å². The summed E-state index contributed by atoms with van der Waals surface area (Å²) in [6.45, 7) is 26.1. The summed E-state index contributed by atoms with van der Waals surface area (Å²) in [6.07, 6.45) is 2.23. The second-order valence-corrected chi connectivity index (χ2v) is 54.2. The Morgan fingerprint density at radius 3 is 1.28 bits per heavy atom. The van der Waals surface area contributed by atoms with Gasteiger partial charge in [0.15, 0.2) is 0 Å². The fraction of sp³-hybridized carbons (Fsp3) is 0.239. The van der Waals surface area contributed by atoms with E-state index in [0.717, 1.165) is 6.04 Å². The van der Waals surface area contributed by atoms with E-state index in [1.807, 2.05) is 0 Å². The Balaban J connectivity index is 1.40. The molecule has 0 saturated heterocycles. The van der Waals surface area contributed by atoms with Crippen molar-refractivity contribution < 1.29 is 0 Å². The average Bonchev–Trinajstić information content (AvgIpc) is 3.65. The first-order chi connectivity index (χ1) is 25.5. The third-order valence-corrected chi connectivity index (χ3v) is 53.5. The van der Waals surface area contributed by atoms with Crippen molar-refractivity contribution in [3.05, 3.63) is 121 Å². The van der Waals surface area contributed by atoms with Crippen LogP contribution in [0.3, 0.4) is 0 Å². The molecule has 8 aromatic rings. The Morgan fingerprint density at radius 2 is 0.796 bits per heavy atom. The number of aromatic nitrogens is 3. The van der Waals surface area contributed by atoms with Crippen molar-refractivity contribution in [1.82, 2.24) is 14.1 Å². The van der Waals surface area contributed by atoms with Crippen LogP contribution in [0, 0.1) is 0 Å². The van der Waals surface area contributed by atoms with E-state index >= 15 is 0 Å². The van der Waals surface area contributed by atoms with E-state index in [0.29, 0.717) is 0 Å². The molecule has 16 aliphatic heterocycles. The van der Waals surface area contributed by atoms with Crippen molar-refractivity contribution in [3.63, 3.8) is 0 Å². The molecule has 18 bridgehead atoms. The van der Waals surface area contributed by atoms with Crippen LogP contribution in [0.5, 0.6) is 0 Å². The fourth-order valence-corrected chi connectivity index (χ4v) is 29.3. The van der Waals surface area contributed by atoms with Crippen LogP contribution >= 0.6 is 0 Å². The Bertz CT molecular complexity index is 2730. The second-order valence-electron chi connectivity index (χ2n) is 19.2. The second kappa shape index (κ2) is 11.0. The lowest BCUT2D eigenvalue weighted by atomic mass is 10.1. The maximum absolute atomic E-state index is 5.47. The SMILES string of the molecule is C[Si]1(C)Cc2ccc(cc2)-n2c3ccc4cc3c3cc(ccc32)[Si](C)(C)[Si](C)(C)c2cc3c5cc(ccc5n(c3cn2)-c2ccc1cc2)[Si](C)(C)[Si]4(C)C. The zero-order valence-corrected chi connectivity index (χ0v) is 38.5. The molecule has 54 heavy (non-hydrogen) atoms. The molecule has 0 aliphatic carbocycles.